The van der Waals surface area contributed by atoms with E-state index in [-0.39, 0.29) is 12.5 Å². The van der Waals surface area contributed by atoms with Crippen LogP contribution in [0.15, 0.2) is 0 Å². The van der Waals surface area contributed by atoms with E-state index < -0.39 is 30.7 Å². The molecule has 0 aliphatic heterocycles. The van der Waals surface area contributed by atoms with Crippen molar-refractivity contribution in [2.24, 2.45) is 23.7 Å². The normalized spacial score (nSPS) is 15.3. The van der Waals surface area contributed by atoms with Crippen LogP contribution in [0.4, 0.5) is 0 Å². The van der Waals surface area contributed by atoms with E-state index in [4.69, 9.17) is 4.74 Å². The Labute approximate surface area is 583 Å². The van der Waals surface area contributed by atoms with Crippen LogP contribution in [0.25, 0.3) is 0 Å². The maximum absolute atomic E-state index is 13.0. The highest BCUT2D eigenvalue weighted by Crippen LogP contribution is 2.46. The summed E-state index contributed by atoms with van der Waals surface area (Å²) in [5.74, 6) is 1.96. The van der Waals surface area contributed by atoms with Gasteiger partial charge < -0.3 is 20.1 Å². The summed E-state index contributed by atoms with van der Waals surface area (Å²) in [5, 5.41) is 30.1. The molecule has 1 aliphatic rings. The summed E-state index contributed by atoms with van der Waals surface area (Å²) in [6, 6.07) is 0. The predicted octanol–water partition coefficient (Wildman–Crippen LogP) is 28.2. The highest BCUT2D eigenvalue weighted by molar-refractivity contribution is 5.80. The summed E-state index contributed by atoms with van der Waals surface area (Å²) in [6.45, 7) is 6.14. The van der Waals surface area contributed by atoms with Gasteiger partial charge in [-0.1, -0.05) is 457 Å². The van der Waals surface area contributed by atoms with Crippen molar-refractivity contribution in [2.75, 3.05) is 13.2 Å². The van der Waals surface area contributed by atoms with Gasteiger partial charge in [-0.2, -0.15) is 0 Å². The molecule has 554 valence electrons. The van der Waals surface area contributed by atoms with Crippen LogP contribution in [0.2, 0.25) is 0 Å². The van der Waals surface area contributed by atoms with E-state index >= 15 is 0 Å². The van der Waals surface area contributed by atoms with Crippen LogP contribution in [0.5, 0.6) is 0 Å². The Balaban J connectivity index is 1.85. The maximum Gasteiger partial charge on any atom is 0.311 e. The largest absolute Gasteiger partial charge is 0.463 e. The van der Waals surface area contributed by atoms with E-state index in [0.717, 1.165) is 56.8 Å². The SMILES string of the molecule is CCCCCCCCCCCCCCCCCCCCCCCCC(C(=O)OCC(O)CO)C(O)CCCCCCCCCCCCCCCC1CC1CCCCCCCCCCCCCCCCCCC(=O)C(C)CCCCCCCCCCCCCCCCCC. The minimum Gasteiger partial charge on any atom is -0.463 e. The number of ether oxygens (including phenoxy) is 1. The average Bonchev–Trinajstić information content (AvgIpc) is 4.02. The Kier molecular flexibility index (Phi) is 71.4. The highest BCUT2D eigenvalue weighted by atomic mass is 16.5. The standard InChI is InChI=1S/C87H170O6/c1-4-6-8-10-12-14-16-18-20-22-23-24-25-26-27-32-38-44-50-56-62-68-74-84(87(92)93-79-83(89)78-88)86(91)76-70-64-58-52-46-40-34-37-43-49-55-61-67-73-82-77-81(82)72-66-60-54-48-42-36-31-28-29-33-39-45-51-57-63-69-75-85(90)80(3)71-65-59-53-47-41-35-30-21-19-17-15-13-11-9-7-5-2/h80-84,86,88-89,91H,4-79H2,1-3H3. The molecule has 6 nitrogen and oxygen atoms in total. The van der Waals surface area contributed by atoms with Gasteiger partial charge in [-0.15, -0.1) is 0 Å². The van der Waals surface area contributed by atoms with E-state index in [9.17, 15) is 24.9 Å². The smallest absolute Gasteiger partial charge is 0.311 e. The summed E-state index contributed by atoms with van der Waals surface area (Å²) in [4.78, 5) is 25.7. The van der Waals surface area contributed by atoms with Crippen LogP contribution in [0.1, 0.15) is 496 Å². The first-order valence-corrected chi connectivity index (χ1v) is 43.5. The van der Waals surface area contributed by atoms with Crippen LogP contribution >= 0.6 is 0 Å². The summed E-state index contributed by atoms with van der Waals surface area (Å²) in [5.41, 5.74) is 0. The third kappa shape index (κ3) is 65.4. The average molecular weight is 1310 g/mol. The summed E-state index contributed by atoms with van der Waals surface area (Å²) < 4.78 is 5.36. The number of unbranched alkanes of at least 4 members (excludes halogenated alkanes) is 63. The molecule has 93 heavy (non-hydrogen) atoms. The van der Waals surface area contributed by atoms with Crippen LogP contribution in [0, 0.1) is 23.7 Å². The number of rotatable bonds is 81. The number of Topliss-reactive ketones (excluding diaryl/α,β-unsaturated/α-hetero) is 1. The molecule has 1 rings (SSSR count). The lowest BCUT2D eigenvalue weighted by molar-refractivity contribution is -0.156. The van der Waals surface area contributed by atoms with Gasteiger partial charge in [0.25, 0.3) is 0 Å². The molecule has 0 aromatic heterocycles. The molecule has 0 aromatic rings. The maximum atomic E-state index is 13.0. The van der Waals surface area contributed by atoms with Crippen molar-refractivity contribution in [1.29, 1.82) is 0 Å². The molecular weight excluding hydrogens is 1140 g/mol. The first-order valence-electron chi connectivity index (χ1n) is 43.5. The van der Waals surface area contributed by atoms with E-state index in [0.29, 0.717) is 18.6 Å². The van der Waals surface area contributed by atoms with Gasteiger partial charge in [0.05, 0.1) is 18.6 Å². The minimum absolute atomic E-state index is 0.213. The lowest BCUT2D eigenvalue weighted by Crippen LogP contribution is -2.32. The second-order valence-electron chi connectivity index (χ2n) is 31.4. The van der Waals surface area contributed by atoms with Crippen LogP contribution in [0.3, 0.4) is 0 Å². The van der Waals surface area contributed by atoms with Crippen molar-refractivity contribution in [3.8, 4) is 0 Å². The molecule has 1 fully saturated rings. The van der Waals surface area contributed by atoms with E-state index in [1.54, 1.807) is 0 Å². The molecule has 0 aromatic carbocycles. The number of aliphatic hydroxyl groups is 3. The predicted molar refractivity (Wildman–Crippen MR) is 408 cm³/mol. The zero-order valence-electron chi connectivity index (χ0n) is 63.8. The van der Waals surface area contributed by atoms with E-state index in [2.05, 4.69) is 20.8 Å². The van der Waals surface area contributed by atoms with Crippen molar-refractivity contribution in [3.05, 3.63) is 0 Å². The summed E-state index contributed by atoms with van der Waals surface area (Å²) in [6.07, 6.45) is 97.5. The molecule has 6 unspecified atom stereocenters. The fourth-order valence-electron chi connectivity index (χ4n) is 15.3. The fraction of sp³-hybridized carbons (Fsp3) is 0.977. The van der Waals surface area contributed by atoms with Crippen molar-refractivity contribution in [3.63, 3.8) is 0 Å². The molecule has 0 bridgehead atoms. The van der Waals surface area contributed by atoms with E-state index in [1.165, 1.54) is 417 Å². The summed E-state index contributed by atoms with van der Waals surface area (Å²) >= 11 is 0. The number of carbonyl (C=O) groups is 2. The van der Waals surface area contributed by atoms with Crippen LogP contribution in [-0.4, -0.2) is 52.5 Å². The van der Waals surface area contributed by atoms with Crippen molar-refractivity contribution < 1.29 is 29.6 Å². The fourth-order valence-corrected chi connectivity index (χ4v) is 15.3. The molecule has 3 N–H and O–H groups in total. The lowest BCUT2D eigenvalue weighted by atomic mass is 9.91. The molecule has 0 amide bonds. The first kappa shape index (κ1) is 90.0. The Bertz CT molecular complexity index is 1470. The monoisotopic (exact) mass is 1310 g/mol. The van der Waals surface area contributed by atoms with Crippen molar-refractivity contribution in [2.45, 2.75) is 508 Å². The number of ketones is 1. The number of hydrogen-bond acceptors (Lipinski definition) is 6. The Morgan fingerprint density at radius 3 is 0.839 bits per heavy atom. The molecule has 0 heterocycles. The third-order valence-corrected chi connectivity index (χ3v) is 22.2. The van der Waals surface area contributed by atoms with Gasteiger partial charge >= 0.3 is 5.97 Å². The second kappa shape index (κ2) is 73.7. The Morgan fingerprint density at radius 2 is 0.559 bits per heavy atom. The number of hydrogen-bond donors (Lipinski definition) is 3. The molecule has 1 saturated carbocycles. The highest BCUT2D eigenvalue weighted by Gasteiger charge is 2.35. The number of esters is 1. The van der Waals surface area contributed by atoms with Gasteiger partial charge in [-0.25, -0.2) is 0 Å². The van der Waals surface area contributed by atoms with Gasteiger partial charge in [-0.05, 0) is 43.9 Å². The third-order valence-electron chi connectivity index (χ3n) is 22.2. The minimum atomic E-state index is -1.07. The van der Waals surface area contributed by atoms with Crippen LogP contribution < -0.4 is 0 Å². The van der Waals surface area contributed by atoms with Gasteiger partial charge in [-0.3, -0.25) is 9.59 Å². The second-order valence-corrected chi connectivity index (χ2v) is 31.4. The van der Waals surface area contributed by atoms with Gasteiger partial charge in [0.2, 0.25) is 0 Å². The molecule has 0 saturated heterocycles. The van der Waals surface area contributed by atoms with E-state index in [1.807, 2.05) is 0 Å². The van der Waals surface area contributed by atoms with Gasteiger partial charge in [0.15, 0.2) is 0 Å². The van der Waals surface area contributed by atoms with Crippen LogP contribution in [-0.2, 0) is 14.3 Å². The Hall–Kier alpha value is -0.980. The van der Waals surface area contributed by atoms with Crippen molar-refractivity contribution in [1.82, 2.24) is 0 Å². The molecular formula is C87H170O6. The number of aliphatic hydroxyl groups excluding tert-OH is 3. The van der Waals surface area contributed by atoms with Gasteiger partial charge in [0.1, 0.15) is 18.5 Å². The Morgan fingerprint density at radius 1 is 0.323 bits per heavy atom. The molecule has 0 radical (unpaired) electrons. The van der Waals surface area contributed by atoms with Crippen molar-refractivity contribution >= 4 is 11.8 Å². The zero-order chi connectivity index (χ0) is 67.1. The topological polar surface area (TPSA) is 104 Å². The van der Waals surface area contributed by atoms with Gasteiger partial charge in [0, 0.05) is 12.3 Å². The molecule has 1 aliphatic carbocycles. The molecule has 0 spiro atoms. The molecule has 6 atom stereocenters. The number of carbonyl (C=O) groups excluding carboxylic acids is 2. The first-order chi connectivity index (χ1) is 45.8. The quantitative estimate of drug-likeness (QED) is 0.0414. The molecule has 6 heteroatoms. The summed E-state index contributed by atoms with van der Waals surface area (Å²) in [7, 11) is 0. The lowest BCUT2D eigenvalue weighted by Gasteiger charge is -2.22. The zero-order valence-corrected chi connectivity index (χ0v) is 63.8.